The van der Waals surface area contributed by atoms with E-state index in [9.17, 15) is 9.90 Å². The molecule has 5 rings (SSSR count). The number of ether oxygens (including phenoxy) is 1. The van der Waals surface area contributed by atoms with Crippen LogP contribution in [0.3, 0.4) is 0 Å². The fourth-order valence-electron chi connectivity index (χ4n) is 6.50. The topological polar surface area (TPSA) is 78.8 Å². The lowest BCUT2D eigenvalue weighted by Crippen LogP contribution is -2.42. The van der Waals surface area contributed by atoms with E-state index in [4.69, 9.17) is 9.72 Å². The predicted octanol–water partition coefficient (Wildman–Crippen LogP) is 6.38. The molecule has 2 aliphatic carbocycles. The second kappa shape index (κ2) is 13.0. The van der Waals surface area contributed by atoms with Gasteiger partial charge in [-0.25, -0.2) is 9.97 Å². The van der Waals surface area contributed by atoms with E-state index in [1.54, 1.807) is 13.3 Å². The molecule has 1 N–H and O–H groups in total. The predicted molar refractivity (Wildman–Crippen MR) is 165 cm³/mol. The highest BCUT2D eigenvalue weighted by Crippen LogP contribution is 2.38. The lowest BCUT2D eigenvalue weighted by molar-refractivity contribution is -0.124. The first kappa shape index (κ1) is 29.1. The number of aryl methyl sites for hydroxylation is 1. The summed E-state index contributed by atoms with van der Waals surface area (Å²) in [6, 6.07) is 14.7. The minimum absolute atomic E-state index is 0.0662. The Hall–Kier alpha value is -3.45. The van der Waals surface area contributed by atoms with Crippen molar-refractivity contribution in [1.29, 1.82) is 0 Å². The van der Waals surface area contributed by atoms with Crippen LogP contribution in [0.25, 0.3) is 11.1 Å². The van der Waals surface area contributed by atoms with E-state index in [0.717, 1.165) is 61.2 Å². The fourth-order valence-corrected chi connectivity index (χ4v) is 6.50. The van der Waals surface area contributed by atoms with Crippen LogP contribution >= 0.6 is 0 Å². The third-order valence-electron chi connectivity index (χ3n) is 9.05. The zero-order chi connectivity index (χ0) is 28.9. The van der Waals surface area contributed by atoms with Gasteiger partial charge in [0.25, 0.3) is 0 Å². The molecule has 0 bridgehead atoms. The van der Waals surface area contributed by atoms with Crippen molar-refractivity contribution in [3.63, 3.8) is 0 Å². The molecule has 1 aromatic carbocycles. The van der Waals surface area contributed by atoms with Gasteiger partial charge in [0.05, 0.1) is 13.2 Å². The number of amides is 1. The Balaban J connectivity index is 1.34. The Kier molecular flexibility index (Phi) is 9.23. The minimum Gasteiger partial charge on any atom is -0.496 e. The van der Waals surface area contributed by atoms with Crippen LogP contribution in [0.1, 0.15) is 68.4 Å². The quantitative estimate of drug-likeness (QED) is 0.347. The first-order valence-corrected chi connectivity index (χ1v) is 15.1. The number of carbonyl (C=O) groups excluding carboxylic acids is 1. The molecule has 0 aliphatic heterocycles. The Morgan fingerprint density at radius 2 is 1.66 bits per heavy atom. The molecule has 7 nitrogen and oxygen atoms in total. The Bertz CT molecular complexity index is 1310. The van der Waals surface area contributed by atoms with E-state index in [0.29, 0.717) is 37.0 Å². The molecule has 218 valence electrons. The van der Waals surface area contributed by atoms with Crippen molar-refractivity contribution >= 4 is 17.5 Å². The van der Waals surface area contributed by atoms with Crippen molar-refractivity contribution in [1.82, 2.24) is 9.97 Å². The number of hydrogen-bond acceptors (Lipinski definition) is 6. The maximum Gasteiger partial charge on any atom is 0.231 e. The molecule has 2 heterocycles. The zero-order valence-corrected chi connectivity index (χ0v) is 24.9. The van der Waals surface area contributed by atoms with Crippen LogP contribution < -0.4 is 14.5 Å². The van der Waals surface area contributed by atoms with E-state index in [2.05, 4.69) is 36.2 Å². The fraction of sp³-hybridized carbons (Fsp3) is 0.500. The van der Waals surface area contributed by atoms with Gasteiger partial charge in [-0.1, -0.05) is 12.1 Å². The molecule has 41 heavy (non-hydrogen) atoms. The van der Waals surface area contributed by atoms with Gasteiger partial charge in [0.15, 0.2) is 0 Å². The van der Waals surface area contributed by atoms with Gasteiger partial charge in [0.2, 0.25) is 5.91 Å². The van der Waals surface area contributed by atoms with E-state index in [1.807, 2.05) is 48.3 Å². The van der Waals surface area contributed by atoms with Crippen molar-refractivity contribution in [2.75, 3.05) is 37.5 Å². The molecular formula is C34H44N4O3. The highest BCUT2D eigenvalue weighted by molar-refractivity contribution is 5.94. The number of aromatic nitrogens is 2. The van der Waals surface area contributed by atoms with E-state index >= 15 is 0 Å². The SMILES string of the molecule is COc1ccc([C@H]2CC[C@H](CN(c3cc(-c4ccc(N(C)C)nc4)ccn3)C(=O)[C@H]3CC[C@H](O)CC3)CC2)cc1C. The van der Waals surface area contributed by atoms with Crippen molar-refractivity contribution in [2.24, 2.45) is 11.8 Å². The highest BCUT2D eigenvalue weighted by atomic mass is 16.5. The third kappa shape index (κ3) is 6.89. The molecule has 2 aliphatic rings. The maximum absolute atomic E-state index is 14.0. The number of methoxy groups -OCH3 is 1. The number of hydrogen-bond donors (Lipinski definition) is 1. The third-order valence-corrected chi connectivity index (χ3v) is 9.05. The smallest absolute Gasteiger partial charge is 0.231 e. The minimum atomic E-state index is -0.288. The largest absolute Gasteiger partial charge is 0.496 e. The molecule has 0 atom stereocenters. The summed E-state index contributed by atoms with van der Waals surface area (Å²) in [6.45, 7) is 2.79. The molecular weight excluding hydrogens is 512 g/mol. The summed E-state index contributed by atoms with van der Waals surface area (Å²) in [6.07, 6.45) is 10.6. The number of aliphatic hydroxyl groups is 1. The van der Waals surface area contributed by atoms with Crippen LogP contribution in [0.4, 0.5) is 11.6 Å². The molecule has 2 aromatic heterocycles. The maximum atomic E-state index is 14.0. The van der Waals surface area contributed by atoms with E-state index in [-0.39, 0.29) is 17.9 Å². The molecule has 0 unspecified atom stereocenters. The summed E-state index contributed by atoms with van der Waals surface area (Å²) in [7, 11) is 5.68. The lowest BCUT2D eigenvalue weighted by atomic mass is 9.78. The van der Waals surface area contributed by atoms with Crippen LogP contribution in [-0.4, -0.2) is 54.8 Å². The van der Waals surface area contributed by atoms with Gasteiger partial charge in [0, 0.05) is 44.5 Å². The van der Waals surface area contributed by atoms with Gasteiger partial charge in [-0.2, -0.15) is 0 Å². The van der Waals surface area contributed by atoms with Crippen molar-refractivity contribution in [3.8, 4) is 16.9 Å². The molecule has 0 saturated heterocycles. The molecule has 0 radical (unpaired) electrons. The average molecular weight is 557 g/mol. The zero-order valence-electron chi connectivity index (χ0n) is 24.9. The molecule has 0 spiro atoms. The van der Waals surface area contributed by atoms with Crippen LogP contribution in [0, 0.1) is 18.8 Å². The monoisotopic (exact) mass is 556 g/mol. The second-order valence-corrected chi connectivity index (χ2v) is 12.1. The summed E-state index contributed by atoms with van der Waals surface area (Å²) >= 11 is 0. The summed E-state index contributed by atoms with van der Waals surface area (Å²) in [5, 5.41) is 10.1. The number of rotatable bonds is 8. The van der Waals surface area contributed by atoms with Gasteiger partial charge in [-0.15, -0.1) is 0 Å². The number of benzene rings is 1. The van der Waals surface area contributed by atoms with Crippen molar-refractivity contribution in [2.45, 2.75) is 70.3 Å². The van der Waals surface area contributed by atoms with Crippen LogP contribution in [0.2, 0.25) is 0 Å². The first-order valence-electron chi connectivity index (χ1n) is 15.1. The van der Waals surface area contributed by atoms with Crippen LogP contribution in [0.15, 0.2) is 54.9 Å². The van der Waals surface area contributed by atoms with E-state index < -0.39 is 0 Å². The molecule has 2 fully saturated rings. The summed E-state index contributed by atoms with van der Waals surface area (Å²) in [5.74, 6) is 3.60. The molecule has 7 heteroatoms. The summed E-state index contributed by atoms with van der Waals surface area (Å²) < 4.78 is 5.46. The molecule has 3 aromatic rings. The Morgan fingerprint density at radius 1 is 0.902 bits per heavy atom. The number of pyridine rings is 2. The van der Waals surface area contributed by atoms with Gasteiger partial charge >= 0.3 is 0 Å². The van der Waals surface area contributed by atoms with Gasteiger partial charge < -0.3 is 14.7 Å². The lowest BCUT2D eigenvalue weighted by Gasteiger charge is -2.35. The molecule has 1 amide bonds. The Labute approximate surface area is 244 Å². The number of carbonyl (C=O) groups is 1. The van der Waals surface area contributed by atoms with Crippen LogP contribution in [0.5, 0.6) is 5.75 Å². The number of aliphatic hydroxyl groups excluding tert-OH is 1. The Morgan fingerprint density at radius 3 is 2.29 bits per heavy atom. The normalized spacial score (nSPS) is 22.7. The number of nitrogens with zero attached hydrogens (tertiary/aromatic N) is 4. The first-order chi connectivity index (χ1) is 19.8. The van der Waals surface area contributed by atoms with Crippen molar-refractivity contribution in [3.05, 3.63) is 66.0 Å². The van der Waals surface area contributed by atoms with Gasteiger partial charge in [-0.05, 0) is 117 Å². The molecule has 2 saturated carbocycles. The highest BCUT2D eigenvalue weighted by Gasteiger charge is 2.33. The van der Waals surface area contributed by atoms with Crippen LogP contribution in [-0.2, 0) is 4.79 Å². The number of anilines is 2. The van der Waals surface area contributed by atoms with Gasteiger partial charge in [0.1, 0.15) is 17.4 Å². The van der Waals surface area contributed by atoms with Gasteiger partial charge in [-0.3, -0.25) is 9.69 Å². The second-order valence-electron chi connectivity index (χ2n) is 12.1. The van der Waals surface area contributed by atoms with Crippen molar-refractivity contribution < 1.29 is 14.6 Å². The van der Waals surface area contributed by atoms with E-state index in [1.165, 1.54) is 11.1 Å². The summed E-state index contributed by atoms with van der Waals surface area (Å²) in [4.78, 5) is 27.2. The summed E-state index contributed by atoms with van der Waals surface area (Å²) in [5.41, 5.74) is 4.57. The average Bonchev–Trinajstić information content (AvgIpc) is 3.00. The standard InChI is InChI=1S/C34H44N4O3/c1-23-19-27(11-15-31(23)41-4)25-7-5-24(6-8-25)22-38(34(40)26-9-13-30(39)14-10-26)33-20-28(17-18-35-33)29-12-16-32(36-21-29)37(2)3/h11-12,15-21,24-26,30,39H,5-10,13-14,22H2,1-4H3/t24-,25-,26-,30-.